The lowest BCUT2D eigenvalue weighted by Crippen LogP contribution is -2.41. The molecule has 2 aromatic rings. The molecule has 2 amide bonds. The number of anilines is 1. The van der Waals surface area contributed by atoms with Crippen molar-refractivity contribution in [1.82, 2.24) is 20.5 Å². The van der Waals surface area contributed by atoms with Gasteiger partial charge in [-0.1, -0.05) is 12.1 Å². The van der Waals surface area contributed by atoms with Crippen molar-refractivity contribution in [3.05, 3.63) is 59.9 Å². The number of rotatable bonds is 7. The van der Waals surface area contributed by atoms with E-state index in [4.69, 9.17) is 0 Å². The van der Waals surface area contributed by atoms with Crippen molar-refractivity contribution in [1.29, 1.82) is 0 Å². The molecule has 9 heteroatoms. The van der Waals surface area contributed by atoms with Crippen LogP contribution in [0.15, 0.2) is 53.8 Å². The minimum atomic E-state index is -0.190. The number of benzene rings is 1. The third-order valence-corrected chi connectivity index (χ3v) is 3.73. The molecular formula is C20H27IN6O2. The topological polar surface area (TPSA) is 98.7 Å². The van der Waals surface area contributed by atoms with Crippen molar-refractivity contribution in [3.8, 4) is 0 Å². The third kappa shape index (κ3) is 8.46. The fourth-order valence-electron chi connectivity index (χ4n) is 2.33. The Morgan fingerprint density at radius 1 is 1.10 bits per heavy atom. The first kappa shape index (κ1) is 24.3. The van der Waals surface area contributed by atoms with Crippen LogP contribution in [-0.4, -0.2) is 54.8 Å². The lowest BCUT2D eigenvalue weighted by atomic mass is 10.1. The largest absolute Gasteiger partial charge is 0.357 e. The summed E-state index contributed by atoms with van der Waals surface area (Å²) >= 11 is 0. The number of carbonyl (C=O) groups excluding carboxylic acids is 2. The number of guanidine groups is 1. The van der Waals surface area contributed by atoms with Crippen LogP contribution in [0.3, 0.4) is 0 Å². The summed E-state index contributed by atoms with van der Waals surface area (Å²) in [4.78, 5) is 33.9. The highest BCUT2D eigenvalue weighted by Crippen LogP contribution is 2.07. The number of nitrogens with zero attached hydrogens (tertiary/aromatic N) is 3. The molecule has 8 nitrogen and oxygen atoms in total. The summed E-state index contributed by atoms with van der Waals surface area (Å²) in [5, 5.41) is 8.86. The molecule has 0 radical (unpaired) electrons. The van der Waals surface area contributed by atoms with Gasteiger partial charge < -0.3 is 20.9 Å². The van der Waals surface area contributed by atoms with Crippen LogP contribution < -0.4 is 16.0 Å². The van der Waals surface area contributed by atoms with Crippen LogP contribution in [0.2, 0.25) is 0 Å². The SMILES string of the molecule is CCNC(=NCc1ccc(C(=O)N(C)C)cc1)NCC(=O)Nc1cccnc1.I. The van der Waals surface area contributed by atoms with Gasteiger partial charge in [0.15, 0.2) is 5.96 Å². The van der Waals surface area contributed by atoms with Gasteiger partial charge in [-0.25, -0.2) is 4.99 Å². The second kappa shape index (κ2) is 12.7. The van der Waals surface area contributed by atoms with Gasteiger partial charge in [0.25, 0.3) is 5.91 Å². The molecule has 0 fully saturated rings. The van der Waals surface area contributed by atoms with Crippen LogP contribution in [0.1, 0.15) is 22.8 Å². The van der Waals surface area contributed by atoms with Crippen LogP contribution in [0, 0.1) is 0 Å². The van der Waals surface area contributed by atoms with Crippen LogP contribution in [-0.2, 0) is 11.3 Å². The first-order valence-corrected chi connectivity index (χ1v) is 9.02. The molecule has 0 unspecified atom stereocenters. The highest BCUT2D eigenvalue weighted by Gasteiger charge is 2.07. The van der Waals surface area contributed by atoms with Crippen LogP contribution in [0.5, 0.6) is 0 Å². The van der Waals surface area contributed by atoms with Gasteiger partial charge in [-0.15, -0.1) is 24.0 Å². The van der Waals surface area contributed by atoms with Crippen LogP contribution in [0.4, 0.5) is 5.69 Å². The van der Waals surface area contributed by atoms with E-state index in [0.29, 0.717) is 30.3 Å². The van der Waals surface area contributed by atoms with Gasteiger partial charge in [0.2, 0.25) is 5.91 Å². The first-order chi connectivity index (χ1) is 13.5. The molecule has 3 N–H and O–H groups in total. The van der Waals surface area contributed by atoms with E-state index in [1.807, 2.05) is 19.1 Å². The summed E-state index contributed by atoms with van der Waals surface area (Å²) in [7, 11) is 3.44. The molecule has 0 aliphatic rings. The second-order valence-corrected chi connectivity index (χ2v) is 6.24. The minimum absolute atomic E-state index is 0. The molecule has 2 rings (SSSR count). The zero-order valence-electron chi connectivity index (χ0n) is 16.8. The normalized spacial score (nSPS) is 10.5. The van der Waals surface area contributed by atoms with Crippen molar-refractivity contribution in [3.63, 3.8) is 0 Å². The lowest BCUT2D eigenvalue weighted by molar-refractivity contribution is -0.115. The summed E-state index contributed by atoms with van der Waals surface area (Å²) in [5.41, 5.74) is 2.24. The highest BCUT2D eigenvalue weighted by atomic mass is 127. The Morgan fingerprint density at radius 3 is 2.41 bits per heavy atom. The van der Waals surface area contributed by atoms with E-state index in [9.17, 15) is 9.59 Å². The van der Waals surface area contributed by atoms with Crippen LogP contribution in [0.25, 0.3) is 0 Å². The summed E-state index contributed by atoms with van der Waals surface area (Å²) in [6, 6.07) is 10.8. The molecule has 0 aliphatic carbocycles. The number of pyridine rings is 1. The van der Waals surface area contributed by atoms with E-state index in [1.54, 1.807) is 50.8 Å². The zero-order valence-corrected chi connectivity index (χ0v) is 19.1. The first-order valence-electron chi connectivity index (χ1n) is 9.02. The number of hydrogen-bond acceptors (Lipinski definition) is 4. The molecule has 1 heterocycles. The van der Waals surface area contributed by atoms with Crippen LogP contribution >= 0.6 is 24.0 Å². The van der Waals surface area contributed by atoms with Gasteiger partial charge in [-0.05, 0) is 36.8 Å². The van der Waals surface area contributed by atoms with Crippen molar-refractivity contribution in [2.45, 2.75) is 13.5 Å². The standard InChI is InChI=1S/C20H26N6O2.HI/c1-4-22-20(24-14-18(27)25-17-6-5-11-21-13-17)23-12-15-7-9-16(10-8-15)19(28)26(2)3;/h5-11,13H,4,12,14H2,1-3H3,(H,25,27)(H2,22,23,24);1H. The van der Waals surface area contributed by atoms with E-state index in [1.165, 1.54) is 4.90 Å². The molecule has 0 aliphatic heterocycles. The van der Waals surface area contributed by atoms with Gasteiger partial charge in [-0.3, -0.25) is 14.6 Å². The second-order valence-electron chi connectivity index (χ2n) is 6.24. The minimum Gasteiger partial charge on any atom is -0.357 e. The number of aliphatic imine (C=N–C) groups is 1. The monoisotopic (exact) mass is 510 g/mol. The third-order valence-electron chi connectivity index (χ3n) is 3.73. The number of aromatic nitrogens is 1. The quantitative estimate of drug-likeness (QED) is 0.301. The Bertz CT molecular complexity index is 809. The molecule has 0 saturated heterocycles. The Kier molecular flexibility index (Phi) is 10.7. The molecule has 0 atom stereocenters. The van der Waals surface area contributed by atoms with Gasteiger partial charge in [-0.2, -0.15) is 0 Å². The van der Waals surface area contributed by atoms with E-state index < -0.39 is 0 Å². The molecule has 0 saturated carbocycles. The van der Waals surface area contributed by atoms with E-state index in [-0.39, 0.29) is 42.3 Å². The molecule has 156 valence electrons. The maximum atomic E-state index is 12.0. The maximum absolute atomic E-state index is 12.0. The predicted molar refractivity (Wildman–Crippen MR) is 126 cm³/mol. The Hall–Kier alpha value is -2.69. The number of amides is 2. The van der Waals surface area contributed by atoms with E-state index >= 15 is 0 Å². The maximum Gasteiger partial charge on any atom is 0.253 e. The van der Waals surface area contributed by atoms with Gasteiger partial charge in [0, 0.05) is 32.4 Å². The molecule has 29 heavy (non-hydrogen) atoms. The average Bonchev–Trinajstić information content (AvgIpc) is 2.70. The van der Waals surface area contributed by atoms with Crippen molar-refractivity contribution in [2.24, 2.45) is 4.99 Å². The Morgan fingerprint density at radius 2 is 1.83 bits per heavy atom. The molecular weight excluding hydrogens is 483 g/mol. The molecule has 0 spiro atoms. The van der Waals surface area contributed by atoms with Gasteiger partial charge >= 0.3 is 0 Å². The molecule has 0 bridgehead atoms. The van der Waals surface area contributed by atoms with Crippen molar-refractivity contribution >= 4 is 47.4 Å². The summed E-state index contributed by atoms with van der Waals surface area (Å²) < 4.78 is 0. The predicted octanol–water partition coefficient (Wildman–Crippen LogP) is 2.10. The zero-order chi connectivity index (χ0) is 20.4. The highest BCUT2D eigenvalue weighted by molar-refractivity contribution is 14.0. The van der Waals surface area contributed by atoms with Gasteiger partial charge in [0.05, 0.1) is 25.0 Å². The summed E-state index contributed by atoms with van der Waals surface area (Å²) in [6.07, 6.45) is 3.23. The smallest absolute Gasteiger partial charge is 0.253 e. The Balaban J connectivity index is 0.00000420. The molecule has 1 aromatic heterocycles. The van der Waals surface area contributed by atoms with Crippen molar-refractivity contribution < 1.29 is 9.59 Å². The van der Waals surface area contributed by atoms with E-state index in [2.05, 4.69) is 25.9 Å². The van der Waals surface area contributed by atoms with E-state index in [0.717, 1.165) is 5.56 Å². The number of halogens is 1. The van der Waals surface area contributed by atoms with Gasteiger partial charge in [0.1, 0.15) is 0 Å². The fourth-order valence-corrected chi connectivity index (χ4v) is 2.33. The average molecular weight is 510 g/mol. The molecule has 1 aromatic carbocycles. The summed E-state index contributed by atoms with van der Waals surface area (Å²) in [6.45, 7) is 3.13. The van der Waals surface area contributed by atoms with Crippen molar-refractivity contribution in [2.75, 3.05) is 32.5 Å². The number of nitrogens with one attached hydrogen (secondary N) is 3. The number of carbonyl (C=O) groups is 2. The summed E-state index contributed by atoms with van der Waals surface area (Å²) in [5.74, 6) is 0.312. The fraction of sp³-hybridized carbons (Fsp3) is 0.300. The Labute approximate surface area is 188 Å². The number of hydrogen-bond donors (Lipinski definition) is 3. The lowest BCUT2D eigenvalue weighted by Gasteiger charge is -2.12.